The van der Waals surface area contributed by atoms with Crippen molar-refractivity contribution in [3.63, 3.8) is 0 Å². The van der Waals surface area contributed by atoms with E-state index in [4.69, 9.17) is 10.5 Å². The highest BCUT2D eigenvalue weighted by Gasteiger charge is 2.22. The van der Waals surface area contributed by atoms with Gasteiger partial charge >= 0.3 is 0 Å². The number of hydrogen-bond donors (Lipinski definition) is 2. The molecule has 0 aliphatic heterocycles. The number of benzene rings is 1. The van der Waals surface area contributed by atoms with Crippen molar-refractivity contribution in [2.75, 3.05) is 11.9 Å². The summed E-state index contributed by atoms with van der Waals surface area (Å²) in [6.07, 6.45) is 2.36. The number of carbonyl (C=O) groups is 1. The summed E-state index contributed by atoms with van der Waals surface area (Å²) in [6, 6.07) is 8.04. The number of nitrogens with two attached hydrogens (primary N) is 1. The van der Waals surface area contributed by atoms with Gasteiger partial charge in [-0.3, -0.25) is 4.79 Å². The molecule has 0 saturated heterocycles. The first-order chi connectivity index (χ1) is 13.6. The number of rotatable bonds is 7. The number of ether oxygens (including phenoxy) is 1. The van der Waals surface area contributed by atoms with E-state index in [0.29, 0.717) is 28.6 Å². The quantitative estimate of drug-likeness (QED) is 0.633. The Bertz CT molecular complexity index is 1030. The number of fused-ring (bicyclic) bond motifs is 1. The van der Waals surface area contributed by atoms with Gasteiger partial charge < -0.3 is 15.8 Å². The number of amides is 1. The lowest BCUT2D eigenvalue weighted by Crippen LogP contribution is -2.43. The molecule has 29 heavy (non-hydrogen) atoms. The summed E-state index contributed by atoms with van der Waals surface area (Å²) >= 11 is 0. The van der Waals surface area contributed by atoms with E-state index in [0.717, 1.165) is 6.42 Å². The smallest absolute Gasteiger partial charge is 0.222 e. The van der Waals surface area contributed by atoms with Crippen LogP contribution >= 0.6 is 0 Å². The van der Waals surface area contributed by atoms with Gasteiger partial charge in [0.2, 0.25) is 5.91 Å². The zero-order valence-electron chi connectivity index (χ0n) is 17.1. The molecule has 0 aliphatic carbocycles. The van der Waals surface area contributed by atoms with Crippen molar-refractivity contribution in [1.29, 1.82) is 0 Å². The van der Waals surface area contributed by atoms with E-state index in [1.54, 1.807) is 35.0 Å². The van der Waals surface area contributed by atoms with Gasteiger partial charge in [0.25, 0.3) is 0 Å². The third kappa shape index (κ3) is 5.08. The van der Waals surface area contributed by atoms with Crippen LogP contribution < -0.4 is 15.8 Å². The molecular formula is C21H26FN5O2. The minimum absolute atomic E-state index is 0.141. The molecule has 154 valence electrons. The Balaban J connectivity index is 1.88. The summed E-state index contributed by atoms with van der Waals surface area (Å²) in [4.78, 5) is 15.7. The maximum absolute atomic E-state index is 14.7. The third-order valence-electron chi connectivity index (χ3n) is 4.32. The van der Waals surface area contributed by atoms with E-state index in [2.05, 4.69) is 29.2 Å². The Kier molecular flexibility index (Phi) is 5.83. The molecule has 3 rings (SSSR count). The Morgan fingerprint density at radius 2 is 2.10 bits per heavy atom. The summed E-state index contributed by atoms with van der Waals surface area (Å²) in [7, 11) is 0. The monoisotopic (exact) mass is 399 g/mol. The first-order valence-corrected chi connectivity index (χ1v) is 9.48. The van der Waals surface area contributed by atoms with Crippen molar-refractivity contribution < 1.29 is 13.9 Å². The van der Waals surface area contributed by atoms with E-state index in [1.807, 2.05) is 6.92 Å². The third-order valence-corrected chi connectivity index (χ3v) is 4.32. The van der Waals surface area contributed by atoms with Gasteiger partial charge in [-0.05, 0) is 37.5 Å². The average molecular weight is 399 g/mol. The van der Waals surface area contributed by atoms with E-state index in [9.17, 15) is 9.18 Å². The maximum atomic E-state index is 14.7. The minimum atomic E-state index is -0.543. The number of carbonyl (C=O) groups excluding carboxylic acids is 1. The van der Waals surface area contributed by atoms with Crippen LogP contribution in [-0.2, 0) is 4.79 Å². The summed E-state index contributed by atoms with van der Waals surface area (Å²) < 4.78 is 22.0. The van der Waals surface area contributed by atoms with Crippen LogP contribution in [0.15, 0.2) is 36.5 Å². The topological polar surface area (TPSA) is 94.5 Å². The Morgan fingerprint density at radius 1 is 1.34 bits per heavy atom. The number of hydrogen-bond acceptors (Lipinski definition) is 5. The van der Waals surface area contributed by atoms with Crippen LogP contribution in [0.1, 0.15) is 34.1 Å². The van der Waals surface area contributed by atoms with Crippen LogP contribution in [0.25, 0.3) is 16.9 Å². The number of aromatic nitrogens is 3. The van der Waals surface area contributed by atoms with Crippen molar-refractivity contribution in [1.82, 2.24) is 14.6 Å². The lowest BCUT2D eigenvalue weighted by Gasteiger charge is -2.26. The van der Waals surface area contributed by atoms with Crippen LogP contribution in [0.2, 0.25) is 0 Å². The predicted octanol–water partition coefficient (Wildman–Crippen LogP) is 3.64. The highest BCUT2D eigenvalue weighted by molar-refractivity contribution is 5.88. The number of halogens is 1. The van der Waals surface area contributed by atoms with Crippen LogP contribution in [0.5, 0.6) is 5.75 Å². The Hall–Kier alpha value is -3.00. The molecule has 3 N–H and O–H groups in total. The number of nitrogens with zero attached hydrogens (tertiary/aromatic N) is 3. The molecule has 2 aromatic heterocycles. The molecule has 8 heteroatoms. The molecule has 7 nitrogen and oxygen atoms in total. The molecule has 1 aromatic carbocycles. The first-order valence-electron chi connectivity index (χ1n) is 9.48. The lowest BCUT2D eigenvalue weighted by atomic mass is 9.93. The van der Waals surface area contributed by atoms with Crippen molar-refractivity contribution in [2.45, 2.75) is 39.7 Å². The fourth-order valence-electron chi connectivity index (χ4n) is 3.37. The SMILES string of the molecule is CC(=O)Nc1cc(-c2ccc(OC[C@@](C)(N)CC(C)C)c(F)c2)n2nccc2n1. The highest BCUT2D eigenvalue weighted by Crippen LogP contribution is 2.28. The van der Waals surface area contributed by atoms with Gasteiger partial charge in [-0.15, -0.1) is 0 Å². The van der Waals surface area contributed by atoms with Gasteiger partial charge in [-0.2, -0.15) is 5.10 Å². The second kappa shape index (κ2) is 8.16. The second-order valence-corrected chi connectivity index (χ2v) is 7.99. The molecular weight excluding hydrogens is 373 g/mol. The molecule has 0 spiro atoms. The molecule has 0 unspecified atom stereocenters. The number of nitrogens with one attached hydrogen (secondary N) is 1. The fourth-order valence-corrected chi connectivity index (χ4v) is 3.37. The summed E-state index contributed by atoms with van der Waals surface area (Å²) in [5, 5.41) is 6.89. The van der Waals surface area contributed by atoms with Crippen molar-refractivity contribution in [3.8, 4) is 17.0 Å². The van der Waals surface area contributed by atoms with Gasteiger partial charge in [0.1, 0.15) is 12.4 Å². The van der Waals surface area contributed by atoms with E-state index >= 15 is 0 Å². The van der Waals surface area contributed by atoms with Gasteiger partial charge in [0.15, 0.2) is 17.2 Å². The normalized spacial score (nSPS) is 13.5. The van der Waals surface area contributed by atoms with Gasteiger partial charge in [-0.1, -0.05) is 13.8 Å². The van der Waals surface area contributed by atoms with Crippen molar-refractivity contribution in [3.05, 3.63) is 42.3 Å². The fraction of sp³-hybridized carbons (Fsp3) is 0.381. The lowest BCUT2D eigenvalue weighted by molar-refractivity contribution is -0.114. The van der Waals surface area contributed by atoms with Crippen LogP contribution in [0.3, 0.4) is 0 Å². The molecule has 1 amide bonds. The Labute approximate surface area is 169 Å². The molecule has 3 aromatic rings. The average Bonchev–Trinajstić information content (AvgIpc) is 3.06. The zero-order chi connectivity index (χ0) is 21.2. The molecule has 2 heterocycles. The Morgan fingerprint density at radius 3 is 2.76 bits per heavy atom. The summed E-state index contributed by atoms with van der Waals surface area (Å²) in [5.74, 6) is 0.187. The largest absolute Gasteiger partial charge is 0.489 e. The molecule has 0 aliphatic rings. The summed E-state index contributed by atoms with van der Waals surface area (Å²) in [6.45, 7) is 7.68. The van der Waals surface area contributed by atoms with Crippen LogP contribution in [-0.4, -0.2) is 32.7 Å². The molecule has 0 bridgehead atoms. The highest BCUT2D eigenvalue weighted by atomic mass is 19.1. The van der Waals surface area contributed by atoms with Crippen LogP contribution in [0, 0.1) is 11.7 Å². The van der Waals surface area contributed by atoms with E-state index < -0.39 is 11.4 Å². The van der Waals surface area contributed by atoms with E-state index in [-0.39, 0.29) is 18.3 Å². The maximum Gasteiger partial charge on any atom is 0.222 e. The van der Waals surface area contributed by atoms with Crippen molar-refractivity contribution in [2.24, 2.45) is 11.7 Å². The standard InChI is InChI=1S/C21H26FN5O2/c1-13(2)11-21(4,23)12-29-18-6-5-15(9-16(18)22)17-10-19(25-14(3)28)26-20-7-8-24-27(17)20/h5-10,13H,11-12,23H2,1-4H3,(H,25,26,28)/t21-/m0/s1. The molecule has 0 saturated carbocycles. The van der Waals surface area contributed by atoms with Gasteiger partial charge in [0, 0.05) is 30.2 Å². The minimum Gasteiger partial charge on any atom is -0.489 e. The van der Waals surface area contributed by atoms with Gasteiger partial charge in [0.05, 0.1) is 11.9 Å². The zero-order valence-corrected chi connectivity index (χ0v) is 17.1. The predicted molar refractivity (Wildman–Crippen MR) is 110 cm³/mol. The molecule has 0 radical (unpaired) electrons. The van der Waals surface area contributed by atoms with E-state index in [1.165, 1.54) is 13.0 Å². The van der Waals surface area contributed by atoms with Crippen LogP contribution in [0.4, 0.5) is 10.2 Å². The second-order valence-electron chi connectivity index (χ2n) is 7.99. The molecule has 0 fully saturated rings. The van der Waals surface area contributed by atoms with Gasteiger partial charge in [-0.25, -0.2) is 13.9 Å². The molecule has 1 atom stereocenters. The number of anilines is 1. The summed E-state index contributed by atoms with van der Waals surface area (Å²) in [5.41, 5.74) is 7.42. The first kappa shape index (κ1) is 20.7. The van der Waals surface area contributed by atoms with Crippen molar-refractivity contribution >= 4 is 17.4 Å².